The molecule has 0 spiro atoms. The summed E-state index contributed by atoms with van der Waals surface area (Å²) < 4.78 is 82.3. The summed E-state index contributed by atoms with van der Waals surface area (Å²) in [7, 11) is 1.43. The highest BCUT2D eigenvalue weighted by atomic mass is 79.9. The third kappa shape index (κ3) is 4.70. The molecule has 204 valence electrons. The van der Waals surface area contributed by atoms with Crippen molar-refractivity contribution in [1.82, 2.24) is 0 Å². The Morgan fingerprint density at radius 1 is 0.925 bits per heavy atom. The highest BCUT2D eigenvalue weighted by molar-refractivity contribution is 9.10. The molecule has 0 radical (unpaired) electrons. The van der Waals surface area contributed by atoms with E-state index in [1.807, 2.05) is 42.5 Å². The Balaban J connectivity index is 1.55. The van der Waals surface area contributed by atoms with Crippen LogP contribution in [-0.2, 0) is 11.4 Å². The minimum absolute atomic E-state index is 0.0205. The second-order valence-corrected chi connectivity index (χ2v) is 9.65. The number of nitrogens with zero attached hydrogens (tertiary/aromatic N) is 2. The van der Waals surface area contributed by atoms with Crippen LogP contribution in [0.5, 0.6) is 11.5 Å². The van der Waals surface area contributed by atoms with Crippen LogP contribution in [0, 0.1) is 29.1 Å². The standard InChI is InChI=1S/C29H18BrF5N2O3/c1-14-20(29(38)37(36-14)27-25(34)23(32)22(31)24(33)26(27)35)11-17-10-18(30)12-21(39-2)28(17)40-13-16-8-5-7-15-6-3-4-9-19(15)16/h3-12H,13H2,1-2H3/b20-11-. The maximum Gasteiger partial charge on any atom is 0.280 e. The molecule has 0 unspecified atom stereocenters. The Kier molecular flexibility index (Phi) is 7.33. The van der Waals surface area contributed by atoms with Crippen molar-refractivity contribution in [3.63, 3.8) is 0 Å². The number of carbonyl (C=O) groups is 1. The smallest absolute Gasteiger partial charge is 0.280 e. The molecule has 0 N–H and O–H groups in total. The van der Waals surface area contributed by atoms with Gasteiger partial charge in [0, 0.05) is 10.0 Å². The van der Waals surface area contributed by atoms with Gasteiger partial charge in [0.15, 0.2) is 34.8 Å². The molecular formula is C29H18BrF5N2O3. The molecule has 0 aliphatic carbocycles. The van der Waals surface area contributed by atoms with E-state index in [0.717, 1.165) is 16.3 Å². The molecule has 0 saturated heterocycles. The Bertz CT molecular complexity index is 1720. The number of benzene rings is 4. The normalized spacial score (nSPS) is 14.3. The first-order chi connectivity index (χ1) is 19.1. The number of carbonyl (C=O) groups excluding carboxylic acids is 1. The van der Waals surface area contributed by atoms with E-state index >= 15 is 0 Å². The van der Waals surface area contributed by atoms with Gasteiger partial charge < -0.3 is 9.47 Å². The summed E-state index contributed by atoms with van der Waals surface area (Å²) in [6.07, 6.45) is 1.35. The van der Waals surface area contributed by atoms with E-state index in [2.05, 4.69) is 21.0 Å². The molecule has 4 aromatic rings. The fourth-order valence-electron chi connectivity index (χ4n) is 4.34. The van der Waals surface area contributed by atoms with E-state index in [1.54, 1.807) is 12.1 Å². The highest BCUT2D eigenvalue weighted by Gasteiger charge is 2.37. The number of hydrogen-bond acceptors (Lipinski definition) is 4. The highest BCUT2D eigenvalue weighted by Crippen LogP contribution is 2.39. The number of halogens is 6. The van der Waals surface area contributed by atoms with Crippen molar-refractivity contribution in [2.24, 2.45) is 5.10 Å². The molecule has 0 atom stereocenters. The molecule has 4 aromatic carbocycles. The third-order valence-corrected chi connectivity index (χ3v) is 6.74. The fourth-order valence-corrected chi connectivity index (χ4v) is 4.80. The van der Waals surface area contributed by atoms with Gasteiger partial charge in [-0.25, -0.2) is 22.0 Å². The lowest BCUT2D eigenvalue weighted by atomic mass is 10.0. The predicted molar refractivity (Wildman–Crippen MR) is 144 cm³/mol. The summed E-state index contributed by atoms with van der Waals surface area (Å²) in [4.78, 5) is 13.2. The first-order valence-electron chi connectivity index (χ1n) is 11.7. The van der Waals surface area contributed by atoms with Crippen LogP contribution in [0.3, 0.4) is 0 Å². The first kappa shape index (κ1) is 27.3. The number of anilines is 1. The second-order valence-electron chi connectivity index (χ2n) is 8.73. The maximum absolute atomic E-state index is 14.5. The minimum atomic E-state index is -2.34. The molecule has 0 bridgehead atoms. The lowest BCUT2D eigenvalue weighted by Gasteiger charge is -2.16. The molecule has 0 aromatic heterocycles. The van der Waals surface area contributed by atoms with Crippen LogP contribution in [0.25, 0.3) is 16.8 Å². The van der Waals surface area contributed by atoms with E-state index < -0.39 is 40.7 Å². The minimum Gasteiger partial charge on any atom is -0.493 e. The lowest BCUT2D eigenvalue weighted by molar-refractivity contribution is -0.114. The summed E-state index contributed by atoms with van der Waals surface area (Å²) in [5.74, 6) is -11.6. The van der Waals surface area contributed by atoms with Gasteiger partial charge in [-0.1, -0.05) is 58.4 Å². The Hall–Kier alpha value is -4.25. The van der Waals surface area contributed by atoms with Crippen LogP contribution < -0.4 is 14.5 Å². The molecular weight excluding hydrogens is 599 g/mol. The monoisotopic (exact) mass is 616 g/mol. The molecule has 0 fully saturated rings. The number of methoxy groups -OCH3 is 1. The number of fused-ring (bicyclic) bond motifs is 1. The van der Waals surface area contributed by atoms with E-state index in [9.17, 15) is 26.7 Å². The van der Waals surface area contributed by atoms with Crippen LogP contribution in [0.1, 0.15) is 18.1 Å². The largest absolute Gasteiger partial charge is 0.493 e. The molecule has 1 heterocycles. The van der Waals surface area contributed by atoms with Crippen molar-refractivity contribution in [3.8, 4) is 11.5 Å². The molecule has 5 rings (SSSR count). The van der Waals surface area contributed by atoms with E-state index in [4.69, 9.17) is 9.47 Å². The number of hydrogen-bond donors (Lipinski definition) is 0. The summed E-state index contributed by atoms with van der Waals surface area (Å²) in [5, 5.41) is 5.94. The second kappa shape index (κ2) is 10.7. The lowest BCUT2D eigenvalue weighted by Crippen LogP contribution is -2.25. The van der Waals surface area contributed by atoms with E-state index in [1.165, 1.54) is 20.1 Å². The van der Waals surface area contributed by atoms with Gasteiger partial charge in [0.25, 0.3) is 5.91 Å². The number of hydrazone groups is 1. The zero-order valence-electron chi connectivity index (χ0n) is 20.9. The number of rotatable bonds is 6. The van der Waals surface area contributed by atoms with Crippen molar-refractivity contribution in [2.75, 3.05) is 12.1 Å². The summed E-state index contributed by atoms with van der Waals surface area (Å²) >= 11 is 3.38. The fraction of sp³-hybridized carbons (Fsp3) is 0.103. The average molecular weight is 617 g/mol. The van der Waals surface area contributed by atoms with Gasteiger partial charge in [-0.15, -0.1) is 0 Å². The topological polar surface area (TPSA) is 51.1 Å². The van der Waals surface area contributed by atoms with Crippen LogP contribution in [0.15, 0.2) is 69.7 Å². The van der Waals surface area contributed by atoms with Gasteiger partial charge in [-0.05, 0) is 41.5 Å². The van der Waals surface area contributed by atoms with Gasteiger partial charge in [-0.2, -0.15) is 10.1 Å². The molecule has 0 saturated carbocycles. The van der Waals surface area contributed by atoms with Gasteiger partial charge in [0.05, 0.1) is 18.4 Å². The number of amides is 1. The van der Waals surface area contributed by atoms with E-state index in [0.29, 0.717) is 15.8 Å². The van der Waals surface area contributed by atoms with Gasteiger partial charge in [-0.3, -0.25) is 4.79 Å². The molecule has 11 heteroatoms. The Morgan fingerprint density at radius 3 is 2.27 bits per heavy atom. The van der Waals surface area contributed by atoms with Gasteiger partial charge in [0.1, 0.15) is 12.3 Å². The third-order valence-electron chi connectivity index (χ3n) is 6.28. The molecule has 1 amide bonds. The molecule has 1 aliphatic rings. The SMILES string of the molecule is COc1cc(Br)cc(/C=C2\C(=O)N(c3c(F)c(F)c(F)c(F)c3F)N=C2C)c1OCc1cccc2ccccc12. The quantitative estimate of drug-likeness (QED) is 0.0966. The van der Waals surface area contributed by atoms with Crippen molar-refractivity contribution < 1.29 is 36.2 Å². The van der Waals surface area contributed by atoms with Crippen LogP contribution in [0.4, 0.5) is 27.6 Å². The van der Waals surface area contributed by atoms with Crippen LogP contribution in [-0.4, -0.2) is 18.7 Å². The zero-order valence-corrected chi connectivity index (χ0v) is 22.5. The van der Waals surface area contributed by atoms with Crippen LogP contribution >= 0.6 is 15.9 Å². The molecule has 1 aliphatic heterocycles. The summed E-state index contributed by atoms with van der Waals surface area (Å²) in [6, 6.07) is 16.8. The molecule has 40 heavy (non-hydrogen) atoms. The summed E-state index contributed by atoms with van der Waals surface area (Å²) in [6.45, 7) is 1.49. The Morgan fingerprint density at radius 2 is 1.57 bits per heavy atom. The Labute approximate surface area is 233 Å². The van der Waals surface area contributed by atoms with Crippen LogP contribution in [0.2, 0.25) is 0 Å². The zero-order chi connectivity index (χ0) is 28.7. The average Bonchev–Trinajstić information content (AvgIpc) is 3.22. The summed E-state index contributed by atoms with van der Waals surface area (Å²) in [5.41, 5.74) is -0.423. The van der Waals surface area contributed by atoms with Crippen molar-refractivity contribution >= 4 is 50.1 Å². The first-order valence-corrected chi connectivity index (χ1v) is 12.5. The van der Waals surface area contributed by atoms with E-state index in [-0.39, 0.29) is 28.7 Å². The molecule has 5 nitrogen and oxygen atoms in total. The van der Waals surface area contributed by atoms with Gasteiger partial charge >= 0.3 is 0 Å². The van der Waals surface area contributed by atoms with Gasteiger partial charge in [0.2, 0.25) is 5.82 Å². The predicted octanol–water partition coefficient (Wildman–Crippen LogP) is 7.69. The van der Waals surface area contributed by atoms with Crippen molar-refractivity contribution in [1.29, 1.82) is 0 Å². The van der Waals surface area contributed by atoms with Crippen molar-refractivity contribution in [3.05, 3.63) is 105 Å². The van der Waals surface area contributed by atoms with Crippen molar-refractivity contribution in [2.45, 2.75) is 13.5 Å². The maximum atomic E-state index is 14.5. The number of ether oxygens (including phenoxy) is 2.